The fourth-order valence-corrected chi connectivity index (χ4v) is 3.89. The van der Waals surface area contributed by atoms with E-state index in [4.69, 9.17) is 10.5 Å². The number of aromatic nitrogens is 2. The van der Waals surface area contributed by atoms with Crippen LogP contribution >= 0.6 is 24.0 Å². The van der Waals surface area contributed by atoms with Crippen molar-refractivity contribution in [2.45, 2.75) is 19.5 Å². The van der Waals surface area contributed by atoms with Crippen molar-refractivity contribution in [2.75, 3.05) is 39.4 Å². The molecular weight excluding hydrogens is 527 g/mol. The van der Waals surface area contributed by atoms with E-state index in [0.717, 1.165) is 57.9 Å². The summed E-state index contributed by atoms with van der Waals surface area (Å²) in [5.41, 5.74) is 10.9. The largest absolute Gasteiger partial charge is 0.379 e. The first-order chi connectivity index (χ1) is 15.8. The Kier molecular flexibility index (Phi) is 10.2. The first-order valence-corrected chi connectivity index (χ1v) is 11.2. The van der Waals surface area contributed by atoms with Gasteiger partial charge < -0.3 is 20.4 Å². The zero-order valence-electron chi connectivity index (χ0n) is 18.9. The number of halogens is 1. The third-order valence-electron chi connectivity index (χ3n) is 5.69. The SMILES string of the molecule is I.NC(=NCc1ccccc1-c1ccc(Cn2ccnc2)cc1)NCCCN1CCOCC1. The number of hydrogen-bond acceptors (Lipinski definition) is 4. The second-order valence-corrected chi connectivity index (χ2v) is 8.02. The number of rotatable bonds is 9. The Morgan fingerprint density at radius 2 is 1.88 bits per heavy atom. The van der Waals surface area contributed by atoms with E-state index in [-0.39, 0.29) is 24.0 Å². The van der Waals surface area contributed by atoms with Gasteiger partial charge in [-0.15, -0.1) is 24.0 Å². The molecule has 0 saturated carbocycles. The summed E-state index contributed by atoms with van der Waals surface area (Å²) in [5, 5.41) is 3.24. The van der Waals surface area contributed by atoms with E-state index in [1.54, 1.807) is 6.20 Å². The molecule has 0 aliphatic carbocycles. The van der Waals surface area contributed by atoms with E-state index in [1.807, 2.05) is 18.6 Å². The van der Waals surface area contributed by atoms with Crippen LogP contribution in [0.3, 0.4) is 0 Å². The maximum absolute atomic E-state index is 6.11. The van der Waals surface area contributed by atoms with Crippen LogP contribution in [-0.2, 0) is 17.8 Å². The van der Waals surface area contributed by atoms with Crippen molar-refractivity contribution in [3.63, 3.8) is 0 Å². The second-order valence-electron chi connectivity index (χ2n) is 8.02. The van der Waals surface area contributed by atoms with Crippen molar-refractivity contribution in [1.82, 2.24) is 19.8 Å². The van der Waals surface area contributed by atoms with Crippen LogP contribution in [0.2, 0.25) is 0 Å². The van der Waals surface area contributed by atoms with Gasteiger partial charge in [-0.05, 0) is 35.2 Å². The molecule has 1 saturated heterocycles. The Morgan fingerprint density at radius 3 is 2.64 bits per heavy atom. The number of nitrogens with two attached hydrogens (primary N) is 1. The third-order valence-corrected chi connectivity index (χ3v) is 5.69. The Labute approximate surface area is 213 Å². The van der Waals surface area contributed by atoms with Crippen molar-refractivity contribution in [3.05, 3.63) is 78.4 Å². The van der Waals surface area contributed by atoms with Crippen LogP contribution in [0.4, 0.5) is 0 Å². The van der Waals surface area contributed by atoms with Gasteiger partial charge in [-0.1, -0.05) is 48.5 Å². The van der Waals surface area contributed by atoms with Gasteiger partial charge in [0.05, 0.1) is 26.1 Å². The van der Waals surface area contributed by atoms with E-state index in [0.29, 0.717) is 12.5 Å². The molecule has 3 aromatic rings. The van der Waals surface area contributed by atoms with Gasteiger partial charge in [-0.2, -0.15) is 0 Å². The van der Waals surface area contributed by atoms with Crippen molar-refractivity contribution in [3.8, 4) is 11.1 Å². The summed E-state index contributed by atoms with van der Waals surface area (Å²) in [6.07, 6.45) is 6.65. The number of ether oxygens (including phenoxy) is 1. The normalized spacial score (nSPS) is 14.6. The van der Waals surface area contributed by atoms with Crippen LogP contribution in [0, 0.1) is 0 Å². The van der Waals surface area contributed by atoms with E-state index in [2.05, 4.69) is 67.2 Å². The van der Waals surface area contributed by atoms with Gasteiger partial charge in [0.1, 0.15) is 0 Å². The standard InChI is InChI=1S/C25H32N6O.HI/c26-25(28-10-3-12-30-14-16-32-17-15-30)29-18-23-4-1-2-5-24(23)22-8-6-21(7-9-22)19-31-13-11-27-20-31;/h1-2,4-9,11,13,20H,3,10,12,14-19H2,(H3,26,28,29);1H. The van der Waals surface area contributed by atoms with Crippen molar-refractivity contribution in [2.24, 2.45) is 10.7 Å². The van der Waals surface area contributed by atoms with E-state index in [1.165, 1.54) is 16.7 Å². The number of morpholine rings is 1. The molecule has 0 spiro atoms. The molecule has 0 atom stereocenters. The number of aliphatic imine (C=N–C) groups is 1. The first kappa shape index (κ1) is 25.2. The fraction of sp³-hybridized carbons (Fsp3) is 0.360. The van der Waals surface area contributed by atoms with Gasteiger partial charge in [-0.3, -0.25) is 4.90 Å². The summed E-state index contributed by atoms with van der Waals surface area (Å²) in [7, 11) is 0. The summed E-state index contributed by atoms with van der Waals surface area (Å²) in [6, 6.07) is 17.0. The van der Waals surface area contributed by atoms with Gasteiger partial charge in [0.25, 0.3) is 0 Å². The Balaban J connectivity index is 0.00000306. The second kappa shape index (κ2) is 13.3. The highest BCUT2D eigenvalue weighted by molar-refractivity contribution is 14.0. The number of hydrogen-bond donors (Lipinski definition) is 2. The zero-order valence-corrected chi connectivity index (χ0v) is 21.2. The van der Waals surface area contributed by atoms with Crippen molar-refractivity contribution < 1.29 is 4.74 Å². The van der Waals surface area contributed by atoms with Crippen LogP contribution in [0.15, 0.2) is 72.2 Å². The maximum atomic E-state index is 6.11. The lowest BCUT2D eigenvalue weighted by atomic mass is 9.98. The van der Waals surface area contributed by atoms with Gasteiger partial charge in [0.15, 0.2) is 5.96 Å². The minimum Gasteiger partial charge on any atom is -0.379 e. The highest BCUT2D eigenvalue weighted by Gasteiger charge is 2.09. The summed E-state index contributed by atoms with van der Waals surface area (Å²) < 4.78 is 7.45. The van der Waals surface area contributed by atoms with E-state index < -0.39 is 0 Å². The molecule has 1 aromatic heterocycles. The summed E-state index contributed by atoms with van der Waals surface area (Å²) in [4.78, 5) is 11.1. The number of benzene rings is 2. The average molecular weight is 560 g/mol. The lowest BCUT2D eigenvalue weighted by molar-refractivity contribution is 0.0376. The Bertz CT molecular complexity index is 984. The Hall–Kier alpha value is -2.43. The lowest BCUT2D eigenvalue weighted by Gasteiger charge is -2.26. The molecule has 8 heteroatoms. The molecule has 2 heterocycles. The zero-order chi connectivity index (χ0) is 22.0. The minimum absolute atomic E-state index is 0. The topological polar surface area (TPSA) is 80.7 Å². The molecule has 1 aliphatic rings. The molecule has 0 radical (unpaired) electrons. The molecule has 0 bridgehead atoms. The van der Waals surface area contributed by atoms with E-state index >= 15 is 0 Å². The van der Waals surface area contributed by atoms with Gasteiger partial charge >= 0.3 is 0 Å². The predicted octanol–water partition coefficient (Wildman–Crippen LogP) is 3.34. The number of imidazole rings is 1. The van der Waals surface area contributed by atoms with Crippen LogP contribution in [0.5, 0.6) is 0 Å². The van der Waals surface area contributed by atoms with Crippen molar-refractivity contribution in [1.29, 1.82) is 0 Å². The molecule has 176 valence electrons. The van der Waals surface area contributed by atoms with Crippen LogP contribution < -0.4 is 11.1 Å². The molecule has 3 N–H and O–H groups in total. The molecule has 1 fully saturated rings. The highest BCUT2D eigenvalue weighted by atomic mass is 127. The predicted molar refractivity (Wildman–Crippen MR) is 144 cm³/mol. The van der Waals surface area contributed by atoms with Gasteiger partial charge in [0.2, 0.25) is 0 Å². The minimum atomic E-state index is 0. The molecule has 0 unspecified atom stereocenters. The molecule has 0 amide bonds. The summed E-state index contributed by atoms with van der Waals surface area (Å²) in [6.45, 7) is 6.97. The maximum Gasteiger partial charge on any atom is 0.188 e. The van der Waals surface area contributed by atoms with E-state index in [9.17, 15) is 0 Å². The smallest absolute Gasteiger partial charge is 0.188 e. The van der Waals surface area contributed by atoms with Gasteiger partial charge in [0, 0.05) is 38.6 Å². The van der Waals surface area contributed by atoms with Crippen LogP contribution in [0.1, 0.15) is 17.5 Å². The number of nitrogens with zero attached hydrogens (tertiary/aromatic N) is 4. The monoisotopic (exact) mass is 560 g/mol. The molecule has 1 aliphatic heterocycles. The highest BCUT2D eigenvalue weighted by Crippen LogP contribution is 2.25. The molecular formula is C25H33IN6O. The number of guanidine groups is 1. The Morgan fingerprint density at radius 1 is 1.09 bits per heavy atom. The molecule has 7 nitrogen and oxygen atoms in total. The van der Waals surface area contributed by atoms with Crippen LogP contribution in [-0.4, -0.2) is 59.8 Å². The molecule has 33 heavy (non-hydrogen) atoms. The number of nitrogens with one attached hydrogen (secondary N) is 1. The van der Waals surface area contributed by atoms with Gasteiger partial charge in [-0.25, -0.2) is 9.98 Å². The third kappa shape index (κ3) is 7.83. The van der Waals surface area contributed by atoms with Crippen molar-refractivity contribution >= 4 is 29.9 Å². The fourth-order valence-electron chi connectivity index (χ4n) is 3.89. The summed E-state index contributed by atoms with van der Waals surface area (Å²) in [5.74, 6) is 0.498. The first-order valence-electron chi connectivity index (χ1n) is 11.2. The molecule has 4 rings (SSSR count). The summed E-state index contributed by atoms with van der Waals surface area (Å²) >= 11 is 0. The molecule has 2 aromatic carbocycles. The lowest BCUT2D eigenvalue weighted by Crippen LogP contribution is -2.39. The average Bonchev–Trinajstić information content (AvgIpc) is 3.35. The van der Waals surface area contributed by atoms with Crippen LogP contribution in [0.25, 0.3) is 11.1 Å². The quantitative estimate of drug-likeness (QED) is 0.182.